The number of carbonyl (C=O) groups is 2. The molecule has 0 heterocycles. The Morgan fingerprint density at radius 3 is 2.38 bits per heavy atom. The van der Waals surface area contributed by atoms with E-state index in [1.165, 1.54) is 0 Å². The van der Waals surface area contributed by atoms with Crippen LogP contribution in [0.25, 0.3) is 0 Å². The fourth-order valence-electron chi connectivity index (χ4n) is 1.84. The molecular formula is C13H26N2O5S. The van der Waals surface area contributed by atoms with Crippen molar-refractivity contribution in [1.29, 1.82) is 0 Å². The van der Waals surface area contributed by atoms with Gasteiger partial charge in [-0.05, 0) is 12.8 Å². The molecule has 124 valence electrons. The van der Waals surface area contributed by atoms with Crippen LogP contribution in [0.3, 0.4) is 0 Å². The van der Waals surface area contributed by atoms with Crippen LogP contribution in [0.5, 0.6) is 0 Å². The highest BCUT2D eigenvalue weighted by molar-refractivity contribution is 7.90. The number of rotatable bonds is 12. The Morgan fingerprint density at radius 1 is 1.24 bits per heavy atom. The zero-order valence-corrected chi connectivity index (χ0v) is 13.6. The van der Waals surface area contributed by atoms with Crippen molar-refractivity contribution in [3.05, 3.63) is 0 Å². The van der Waals surface area contributed by atoms with Crippen LogP contribution in [0.2, 0.25) is 0 Å². The number of hydroxylamine groups is 2. The van der Waals surface area contributed by atoms with Gasteiger partial charge in [0.25, 0.3) is 0 Å². The first-order chi connectivity index (χ1) is 9.86. The van der Waals surface area contributed by atoms with E-state index in [9.17, 15) is 23.2 Å². The van der Waals surface area contributed by atoms with E-state index >= 15 is 0 Å². The molecule has 8 heteroatoms. The summed E-state index contributed by atoms with van der Waals surface area (Å²) in [4.78, 5) is 22.5. The lowest BCUT2D eigenvalue weighted by Gasteiger charge is -2.19. The minimum Gasteiger partial charge on any atom is -0.286 e. The monoisotopic (exact) mass is 322 g/mol. The molecule has 0 aromatic heterocycles. The number of amides is 2. The molecule has 1 atom stereocenters. The molecule has 0 aromatic rings. The summed E-state index contributed by atoms with van der Waals surface area (Å²) in [7, 11) is -3.65. The molecular weight excluding hydrogens is 296 g/mol. The third kappa shape index (κ3) is 9.41. The Bertz CT molecular complexity index is 411. The van der Waals surface area contributed by atoms with Gasteiger partial charge in [-0.1, -0.05) is 39.5 Å². The van der Waals surface area contributed by atoms with Crippen molar-refractivity contribution in [2.24, 2.45) is 5.92 Å². The van der Waals surface area contributed by atoms with E-state index < -0.39 is 21.8 Å². The lowest BCUT2D eigenvalue weighted by molar-refractivity contribution is -0.154. The van der Waals surface area contributed by atoms with Gasteiger partial charge in [0.05, 0.1) is 18.2 Å². The molecule has 2 amide bonds. The third-order valence-corrected chi connectivity index (χ3v) is 4.42. The van der Waals surface area contributed by atoms with Crippen LogP contribution in [0, 0.1) is 5.92 Å². The van der Waals surface area contributed by atoms with Crippen molar-refractivity contribution in [2.45, 2.75) is 52.4 Å². The molecule has 0 spiro atoms. The molecule has 0 saturated heterocycles. The van der Waals surface area contributed by atoms with Crippen LogP contribution in [0.1, 0.15) is 52.4 Å². The molecule has 0 aromatic carbocycles. The molecule has 7 nitrogen and oxygen atoms in total. The lowest BCUT2D eigenvalue weighted by atomic mass is 10.0. The minimum absolute atomic E-state index is 0.104. The summed E-state index contributed by atoms with van der Waals surface area (Å²) in [6.45, 7) is 3.66. The highest BCUT2D eigenvalue weighted by Gasteiger charge is 2.24. The molecule has 0 aliphatic rings. The number of hydrogen-bond acceptors (Lipinski definition) is 5. The number of hydrogen-bond donors (Lipinski definition) is 2. The maximum absolute atomic E-state index is 12.0. The Hall–Kier alpha value is -1.15. The summed E-state index contributed by atoms with van der Waals surface area (Å²) in [5, 5.41) is 9.58. The third-order valence-electron chi connectivity index (χ3n) is 3.08. The zero-order valence-electron chi connectivity index (χ0n) is 12.7. The average Bonchev–Trinajstić information content (AvgIpc) is 2.43. The largest absolute Gasteiger partial charge is 0.286 e. The van der Waals surface area contributed by atoms with Gasteiger partial charge in [-0.15, -0.1) is 0 Å². The minimum atomic E-state index is -3.65. The maximum Gasteiger partial charge on any atom is 0.238 e. The van der Waals surface area contributed by atoms with Crippen LogP contribution in [-0.2, 0) is 19.6 Å². The quantitative estimate of drug-likeness (QED) is 0.244. The van der Waals surface area contributed by atoms with Gasteiger partial charge in [-0.25, -0.2) is 13.5 Å². The summed E-state index contributed by atoms with van der Waals surface area (Å²) in [6.07, 6.45) is 4.41. The van der Waals surface area contributed by atoms with E-state index in [1.807, 2.05) is 18.6 Å². The van der Waals surface area contributed by atoms with Crippen LogP contribution in [-0.4, -0.2) is 43.3 Å². The van der Waals surface area contributed by atoms with Crippen molar-refractivity contribution >= 4 is 22.3 Å². The van der Waals surface area contributed by atoms with E-state index in [4.69, 9.17) is 0 Å². The van der Waals surface area contributed by atoms with E-state index in [0.29, 0.717) is 24.3 Å². The average molecular weight is 322 g/mol. The second kappa shape index (κ2) is 10.6. The Labute approximate surface area is 126 Å². The van der Waals surface area contributed by atoms with E-state index in [2.05, 4.69) is 0 Å². The van der Waals surface area contributed by atoms with Crippen molar-refractivity contribution in [3.63, 3.8) is 0 Å². The summed E-state index contributed by atoms with van der Waals surface area (Å²) in [5.74, 6) is -1.50. The van der Waals surface area contributed by atoms with Gasteiger partial charge in [0.1, 0.15) is 0 Å². The first-order valence-corrected chi connectivity index (χ1v) is 8.96. The summed E-state index contributed by atoms with van der Waals surface area (Å²) >= 11 is 0. The molecule has 0 fully saturated rings. The van der Waals surface area contributed by atoms with Crippen LogP contribution >= 0.6 is 0 Å². The molecule has 0 aliphatic carbocycles. The SMILES string of the molecule is CCCCCC(CN(O)C=O)C(=O)NS(=O)(=O)CCCC. The van der Waals surface area contributed by atoms with Gasteiger partial charge in [0, 0.05) is 0 Å². The standard InChI is InChI=1S/C13H26N2O5S/c1-3-5-7-8-12(10-15(18)11-16)13(17)14-21(19,20)9-6-4-2/h11-12,18H,3-10H2,1-2H3,(H,14,17). The number of nitrogens with one attached hydrogen (secondary N) is 1. The number of unbranched alkanes of at least 4 members (excludes halogenated alkanes) is 3. The molecule has 1 unspecified atom stereocenters. The predicted octanol–water partition coefficient (Wildman–Crippen LogP) is 1.28. The number of nitrogens with zero attached hydrogens (tertiary/aromatic N) is 1. The Balaban J connectivity index is 4.64. The Kier molecular flexibility index (Phi) is 9.98. The lowest BCUT2D eigenvalue weighted by Crippen LogP contribution is -2.41. The fourth-order valence-corrected chi connectivity index (χ4v) is 3.08. The van der Waals surface area contributed by atoms with Crippen molar-refractivity contribution < 1.29 is 23.2 Å². The molecule has 0 rings (SSSR count). The summed E-state index contributed by atoms with van der Waals surface area (Å²) < 4.78 is 25.5. The predicted molar refractivity (Wildman–Crippen MR) is 79.0 cm³/mol. The van der Waals surface area contributed by atoms with Crippen molar-refractivity contribution in [1.82, 2.24) is 9.79 Å². The van der Waals surface area contributed by atoms with E-state index in [-0.39, 0.29) is 18.7 Å². The maximum atomic E-state index is 12.0. The summed E-state index contributed by atoms with van der Waals surface area (Å²) in [6, 6.07) is 0. The number of sulfonamides is 1. The molecule has 2 N–H and O–H groups in total. The summed E-state index contributed by atoms with van der Waals surface area (Å²) in [5.41, 5.74) is 0. The van der Waals surface area contributed by atoms with Gasteiger partial charge < -0.3 is 0 Å². The normalized spacial score (nSPS) is 12.7. The van der Waals surface area contributed by atoms with Crippen molar-refractivity contribution in [3.8, 4) is 0 Å². The topological polar surface area (TPSA) is 104 Å². The Morgan fingerprint density at radius 2 is 1.86 bits per heavy atom. The van der Waals surface area contributed by atoms with Gasteiger partial charge in [-0.3, -0.25) is 19.5 Å². The van der Waals surface area contributed by atoms with Crippen molar-refractivity contribution in [2.75, 3.05) is 12.3 Å². The molecule has 0 saturated carbocycles. The second-order valence-electron chi connectivity index (χ2n) is 5.06. The first-order valence-electron chi connectivity index (χ1n) is 7.31. The molecule has 21 heavy (non-hydrogen) atoms. The first kappa shape index (κ1) is 19.9. The molecule has 0 bridgehead atoms. The van der Waals surface area contributed by atoms with Gasteiger partial charge in [0.2, 0.25) is 22.3 Å². The van der Waals surface area contributed by atoms with Crippen LogP contribution in [0.15, 0.2) is 0 Å². The molecule has 0 aliphatic heterocycles. The van der Waals surface area contributed by atoms with E-state index in [0.717, 1.165) is 19.3 Å². The second-order valence-corrected chi connectivity index (χ2v) is 6.90. The fraction of sp³-hybridized carbons (Fsp3) is 0.846. The van der Waals surface area contributed by atoms with Gasteiger partial charge in [-0.2, -0.15) is 0 Å². The van der Waals surface area contributed by atoms with Gasteiger partial charge in [0.15, 0.2) is 0 Å². The smallest absolute Gasteiger partial charge is 0.238 e. The van der Waals surface area contributed by atoms with E-state index in [1.54, 1.807) is 0 Å². The highest BCUT2D eigenvalue weighted by atomic mass is 32.2. The van der Waals surface area contributed by atoms with Crippen LogP contribution in [0.4, 0.5) is 0 Å². The number of carbonyl (C=O) groups excluding carboxylic acids is 2. The zero-order chi connectivity index (χ0) is 16.3. The van der Waals surface area contributed by atoms with Crippen LogP contribution < -0.4 is 4.72 Å². The highest BCUT2D eigenvalue weighted by Crippen LogP contribution is 2.12. The molecule has 0 radical (unpaired) electrons. The van der Waals surface area contributed by atoms with Gasteiger partial charge >= 0.3 is 0 Å².